The lowest BCUT2D eigenvalue weighted by Gasteiger charge is -2.19. The number of nitrogens with zero attached hydrogens (tertiary/aromatic N) is 2. The number of rotatable bonds is 6. The maximum atomic E-state index is 14.8. The van der Waals surface area contributed by atoms with E-state index in [1.165, 1.54) is 16.2 Å². The number of halogens is 1. The monoisotopic (exact) mass is 370 g/mol. The van der Waals surface area contributed by atoms with Gasteiger partial charge in [-0.15, -0.1) is 11.3 Å². The molecule has 0 saturated heterocycles. The van der Waals surface area contributed by atoms with E-state index in [4.69, 9.17) is 4.74 Å². The largest absolute Gasteiger partial charge is 0.490 e. The Hall–Kier alpha value is -2.73. The topological polar surface area (TPSA) is 42.4 Å². The molecule has 3 aromatic rings. The molecule has 6 heteroatoms. The normalized spacial score (nSPS) is 11.2. The first-order chi connectivity index (χ1) is 12.6. The summed E-state index contributed by atoms with van der Waals surface area (Å²) in [5.74, 6) is -0.683. The summed E-state index contributed by atoms with van der Waals surface area (Å²) >= 11 is 1.46. The van der Waals surface area contributed by atoms with Crippen molar-refractivity contribution in [2.75, 3.05) is 18.6 Å². The quantitative estimate of drug-likeness (QED) is 0.450. The molecule has 134 valence electrons. The Bertz CT molecular complexity index is 952. The smallest absolute Gasteiger partial charge is 0.258 e. The second-order valence-corrected chi connectivity index (χ2v) is 6.58. The fraction of sp³-hybridized carbons (Fsp3) is 0.200. The summed E-state index contributed by atoms with van der Waals surface area (Å²) < 4.78 is 21.2. The molecule has 1 heterocycles. The lowest BCUT2D eigenvalue weighted by Crippen LogP contribution is -2.27. The third-order valence-corrected chi connectivity index (χ3v) is 4.76. The van der Waals surface area contributed by atoms with Crippen LogP contribution in [-0.2, 0) is 0 Å². The predicted octanol–water partition coefficient (Wildman–Crippen LogP) is 5.06. The molecule has 0 spiro atoms. The third-order valence-electron chi connectivity index (χ3n) is 3.96. The highest BCUT2D eigenvalue weighted by Crippen LogP contribution is 2.28. The second-order valence-electron chi connectivity index (χ2n) is 5.69. The number of aromatic nitrogens is 1. The molecule has 0 atom stereocenters. The van der Waals surface area contributed by atoms with Crippen molar-refractivity contribution >= 4 is 33.1 Å². The van der Waals surface area contributed by atoms with E-state index in [-0.39, 0.29) is 17.3 Å². The van der Waals surface area contributed by atoms with Gasteiger partial charge in [-0.1, -0.05) is 18.2 Å². The first-order valence-corrected chi connectivity index (χ1v) is 9.13. The molecule has 0 radical (unpaired) electrons. The number of carbonyl (C=O) groups is 1. The van der Waals surface area contributed by atoms with Gasteiger partial charge in [0, 0.05) is 12.6 Å². The molecule has 0 saturated carbocycles. The summed E-state index contributed by atoms with van der Waals surface area (Å²) in [5, 5.41) is 0. The van der Waals surface area contributed by atoms with Crippen molar-refractivity contribution in [2.24, 2.45) is 0 Å². The van der Waals surface area contributed by atoms with Crippen LogP contribution >= 0.6 is 11.3 Å². The molecule has 3 rings (SSSR count). The van der Waals surface area contributed by atoms with Crippen LogP contribution < -0.4 is 9.64 Å². The first-order valence-electron chi connectivity index (χ1n) is 8.25. The second kappa shape index (κ2) is 8.10. The average molecular weight is 370 g/mol. The van der Waals surface area contributed by atoms with E-state index >= 15 is 0 Å². The first kappa shape index (κ1) is 18.1. The Kier molecular flexibility index (Phi) is 5.63. The molecule has 2 aromatic carbocycles. The molecule has 26 heavy (non-hydrogen) atoms. The zero-order valence-corrected chi connectivity index (χ0v) is 15.4. The fourth-order valence-corrected chi connectivity index (χ4v) is 3.28. The number of fused-ring (bicyclic) bond motifs is 1. The van der Waals surface area contributed by atoms with Crippen molar-refractivity contribution < 1.29 is 13.9 Å². The van der Waals surface area contributed by atoms with E-state index in [2.05, 4.69) is 4.98 Å². The van der Waals surface area contributed by atoms with Gasteiger partial charge >= 0.3 is 0 Å². The van der Waals surface area contributed by atoms with E-state index in [1.54, 1.807) is 49.0 Å². The Morgan fingerprint density at radius 2 is 2.19 bits per heavy atom. The molecule has 4 nitrogen and oxygen atoms in total. The van der Waals surface area contributed by atoms with Crippen LogP contribution in [0.4, 0.5) is 10.1 Å². The molecular weight excluding hydrogens is 351 g/mol. The summed E-state index contributed by atoms with van der Waals surface area (Å²) in [6, 6.07) is 10.1. The number of amides is 1. The number of benzene rings is 2. The number of thiazole rings is 1. The Morgan fingerprint density at radius 3 is 3.00 bits per heavy atom. The molecule has 0 aliphatic rings. The highest BCUT2D eigenvalue weighted by molar-refractivity contribution is 7.16. The summed E-state index contributed by atoms with van der Waals surface area (Å²) in [7, 11) is 1.56. The van der Waals surface area contributed by atoms with E-state index in [9.17, 15) is 9.18 Å². The summed E-state index contributed by atoms with van der Waals surface area (Å²) in [4.78, 5) is 18.3. The maximum absolute atomic E-state index is 14.8. The lowest BCUT2D eigenvalue weighted by molar-refractivity contribution is 0.0992. The lowest BCUT2D eigenvalue weighted by atomic mass is 10.1. The zero-order valence-electron chi connectivity index (χ0n) is 14.6. The van der Waals surface area contributed by atoms with Gasteiger partial charge in [0.05, 0.1) is 28.0 Å². The molecule has 0 N–H and O–H groups in total. The molecule has 0 aliphatic heterocycles. The van der Waals surface area contributed by atoms with Crippen molar-refractivity contribution in [2.45, 2.75) is 13.3 Å². The number of ether oxygens (including phenoxy) is 1. The van der Waals surface area contributed by atoms with Crippen molar-refractivity contribution in [3.05, 3.63) is 65.4 Å². The molecular formula is C20H19FN2O2S. The van der Waals surface area contributed by atoms with Crippen molar-refractivity contribution in [3.8, 4) is 5.75 Å². The van der Waals surface area contributed by atoms with Gasteiger partial charge in [-0.2, -0.15) is 0 Å². The minimum atomic E-state index is -0.539. The minimum Gasteiger partial charge on any atom is -0.490 e. The van der Waals surface area contributed by atoms with Crippen LogP contribution in [0.3, 0.4) is 0 Å². The SMILES string of the molecule is CC=CCCOc1cccc(N(C)C(=O)c2ccc3ncsc3c2)c1F. The molecule has 1 amide bonds. The third kappa shape index (κ3) is 3.75. The van der Waals surface area contributed by atoms with Crippen molar-refractivity contribution in [3.63, 3.8) is 0 Å². The van der Waals surface area contributed by atoms with E-state index in [0.29, 0.717) is 18.6 Å². The number of anilines is 1. The van der Waals surface area contributed by atoms with Crippen LogP contribution in [0.2, 0.25) is 0 Å². The van der Waals surface area contributed by atoms with Crippen LogP contribution in [-0.4, -0.2) is 24.5 Å². The van der Waals surface area contributed by atoms with E-state index in [1.807, 2.05) is 19.1 Å². The van der Waals surface area contributed by atoms with Gasteiger partial charge in [-0.25, -0.2) is 9.37 Å². The zero-order chi connectivity index (χ0) is 18.5. The predicted molar refractivity (Wildman–Crippen MR) is 104 cm³/mol. The summed E-state index contributed by atoms with van der Waals surface area (Å²) in [5.41, 5.74) is 3.25. The van der Waals surface area contributed by atoms with Crippen LogP contribution in [0, 0.1) is 5.82 Å². The molecule has 1 aromatic heterocycles. The number of hydrogen-bond acceptors (Lipinski definition) is 4. The van der Waals surface area contributed by atoms with Gasteiger partial charge in [0.15, 0.2) is 11.6 Å². The van der Waals surface area contributed by atoms with Gasteiger partial charge < -0.3 is 9.64 Å². The van der Waals surface area contributed by atoms with E-state index in [0.717, 1.165) is 10.2 Å². The Morgan fingerprint density at radius 1 is 1.35 bits per heavy atom. The van der Waals surface area contributed by atoms with Gasteiger partial charge in [-0.05, 0) is 43.7 Å². The van der Waals surface area contributed by atoms with Gasteiger partial charge in [0.2, 0.25) is 0 Å². The molecule has 0 bridgehead atoms. The summed E-state index contributed by atoms with van der Waals surface area (Å²) in [6.07, 6.45) is 4.57. The number of hydrogen-bond donors (Lipinski definition) is 0. The Balaban J connectivity index is 1.81. The van der Waals surface area contributed by atoms with E-state index < -0.39 is 5.82 Å². The Labute approximate surface area is 155 Å². The van der Waals surface area contributed by atoms with Crippen LogP contribution in [0.5, 0.6) is 5.75 Å². The molecule has 0 unspecified atom stereocenters. The maximum Gasteiger partial charge on any atom is 0.258 e. The van der Waals surface area contributed by atoms with Gasteiger partial charge in [0.25, 0.3) is 5.91 Å². The number of allylic oxidation sites excluding steroid dienone is 1. The highest BCUT2D eigenvalue weighted by Gasteiger charge is 2.19. The highest BCUT2D eigenvalue weighted by atomic mass is 32.1. The van der Waals surface area contributed by atoms with Crippen LogP contribution in [0.25, 0.3) is 10.2 Å². The molecule has 0 fully saturated rings. The summed E-state index contributed by atoms with van der Waals surface area (Å²) in [6.45, 7) is 2.30. The average Bonchev–Trinajstić information content (AvgIpc) is 3.13. The fourth-order valence-electron chi connectivity index (χ4n) is 2.56. The van der Waals surface area contributed by atoms with Crippen LogP contribution in [0.1, 0.15) is 23.7 Å². The molecule has 0 aliphatic carbocycles. The van der Waals surface area contributed by atoms with Crippen molar-refractivity contribution in [1.29, 1.82) is 0 Å². The van der Waals surface area contributed by atoms with Gasteiger partial charge in [-0.3, -0.25) is 4.79 Å². The van der Waals surface area contributed by atoms with Crippen molar-refractivity contribution in [1.82, 2.24) is 4.98 Å². The van der Waals surface area contributed by atoms with Gasteiger partial charge in [0.1, 0.15) is 0 Å². The standard InChI is InChI=1S/C20H19FN2O2S/c1-3-4-5-11-25-17-8-6-7-16(19(17)21)23(2)20(24)14-9-10-15-18(12-14)26-13-22-15/h3-4,6-10,12-13H,5,11H2,1-2H3. The minimum absolute atomic E-state index is 0.143. The van der Waals surface area contributed by atoms with Crippen LogP contribution in [0.15, 0.2) is 54.1 Å². The number of carbonyl (C=O) groups excluding carboxylic acids is 1.